The highest BCUT2D eigenvalue weighted by atomic mass is 16.4. The first kappa shape index (κ1) is 18.9. The minimum absolute atomic E-state index is 0. The molecule has 4 amide bonds. The molecule has 1 aromatic heterocycles. The third kappa shape index (κ3) is 3.22. The third-order valence-electron chi connectivity index (χ3n) is 4.02. The lowest BCUT2D eigenvalue weighted by atomic mass is 10.1. The number of carbonyl (C=O) groups is 3. The smallest absolute Gasteiger partial charge is 0.333 e. The van der Waals surface area contributed by atoms with Crippen molar-refractivity contribution in [2.24, 2.45) is 0 Å². The number of anilines is 2. The average molecular weight is 357 g/mol. The molecule has 26 heavy (non-hydrogen) atoms. The molecule has 3 rings (SSSR count). The summed E-state index contributed by atoms with van der Waals surface area (Å²) in [6, 6.07) is 12.4. The molecule has 0 bridgehead atoms. The average Bonchev–Trinajstić information content (AvgIpc) is 3.10. The SMILES string of the molecule is CN1C(=O)C(=Cc2ccc(N(C)c3ccccc3)o2)C(=O)N(C)C1=O.O. The van der Waals surface area contributed by atoms with E-state index in [0.717, 1.165) is 15.5 Å². The number of barbiturate groups is 1. The number of urea groups is 1. The number of hydrogen-bond donors (Lipinski definition) is 0. The fraction of sp³-hybridized carbons (Fsp3) is 0.167. The molecule has 2 N–H and O–H groups in total. The van der Waals surface area contributed by atoms with Crippen LogP contribution in [0.3, 0.4) is 0 Å². The first-order valence-corrected chi connectivity index (χ1v) is 7.60. The van der Waals surface area contributed by atoms with Gasteiger partial charge in [-0.15, -0.1) is 0 Å². The molecule has 8 heteroatoms. The van der Waals surface area contributed by atoms with Crippen LogP contribution < -0.4 is 4.90 Å². The molecule has 1 saturated heterocycles. The van der Waals surface area contributed by atoms with Crippen molar-refractivity contribution in [3.05, 3.63) is 53.8 Å². The maximum absolute atomic E-state index is 12.2. The quantitative estimate of drug-likeness (QED) is 0.613. The molecule has 136 valence electrons. The van der Waals surface area contributed by atoms with Gasteiger partial charge in [0.25, 0.3) is 11.8 Å². The predicted octanol–water partition coefficient (Wildman–Crippen LogP) is 1.66. The molecule has 1 fully saturated rings. The molecule has 0 unspecified atom stereocenters. The summed E-state index contributed by atoms with van der Waals surface area (Å²) in [7, 11) is 4.51. The first-order chi connectivity index (χ1) is 11.9. The number of nitrogens with zero attached hydrogens (tertiary/aromatic N) is 3. The number of furan rings is 1. The Labute approximate surface area is 150 Å². The van der Waals surface area contributed by atoms with Crippen LogP contribution in [0.1, 0.15) is 5.76 Å². The van der Waals surface area contributed by atoms with Crippen LogP contribution >= 0.6 is 0 Å². The van der Waals surface area contributed by atoms with E-state index in [0.29, 0.717) is 11.6 Å². The molecule has 1 aliphatic heterocycles. The van der Waals surface area contributed by atoms with Crippen LogP contribution in [0.2, 0.25) is 0 Å². The Hall–Kier alpha value is -3.39. The second-order valence-corrected chi connectivity index (χ2v) is 5.64. The van der Waals surface area contributed by atoms with E-state index >= 15 is 0 Å². The second-order valence-electron chi connectivity index (χ2n) is 5.64. The molecule has 2 aromatic rings. The summed E-state index contributed by atoms with van der Waals surface area (Å²) in [6.45, 7) is 0. The highest BCUT2D eigenvalue weighted by Crippen LogP contribution is 2.27. The van der Waals surface area contributed by atoms with E-state index < -0.39 is 17.8 Å². The van der Waals surface area contributed by atoms with E-state index in [4.69, 9.17) is 4.42 Å². The van der Waals surface area contributed by atoms with Crippen molar-refractivity contribution in [3.63, 3.8) is 0 Å². The van der Waals surface area contributed by atoms with Gasteiger partial charge in [-0.05, 0) is 24.3 Å². The summed E-state index contributed by atoms with van der Waals surface area (Å²) in [5.41, 5.74) is 0.818. The zero-order valence-electron chi connectivity index (χ0n) is 14.6. The van der Waals surface area contributed by atoms with Crippen molar-refractivity contribution in [1.29, 1.82) is 0 Å². The van der Waals surface area contributed by atoms with Gasteiger partial charge in [-0.2, -0.15) is 0 Å². The van der Waals surface area contributed by atoms with Gasteiger partial charge in [-0.1, -0.05) is 18.2 Å². The summed E-state index contributed by atoms with van der Waals surface area (Å²) in [5.74, 6) is -0.387. The molecule has 1 aliphatic rings. The lowest BCUT2D eigenvalue weighted by molar-refractivity contribution is -0.134. The zero-order chi connectivity index (χ0) is 18.1. The number of imide groups is 2. The maximum Gasteiger partial charge on any atom is 0.333 e. The Balaban J connectivity index is 0.00000243. The molecule has 8 nitrogen and oxygen atoms in total. The molecule has 0 aliphatic carbocycles. The van der Waals surface area contributed by atoms with Gasteiger partial charge in [0.2, 0.25) is 0 Å². The number of hydrogen-bond acceptors (Lipinski definition) is 5. The van der Waals surface area contributed by atoms with Gasteiger partial charge in [0.1, 0.15) is 11.3 Å². The zero-order valence-corrected chi connectivity index (χ0v) is 14.6. The van der Waals surface area contributed by atoms with Crippen LogP contribution in [0.25, 0.3) is 6.08 Å². The van der Waals surface area contributed by atoms with Crippen molar-refractivity contribution in [2.45, 2.75) is 0 Å². The van der Waals surface area contributed by atoms with E-state index in [-0.39, 0.29) is 11.0 Å². The normalized spacial score (nSPS) is 14.4. The minimum Gasteiger partial charge on any atom is -0.441 e. The predicted molar refractivity (Wildman–Crippen MR) is 95.7 cm³/mol. The lowest BCUT2D eigenvalue weighted by Crippen LogP contribution is -2.52. The van der Waals surface area contributed by atoms with Crippen LogP contribution in [0.4, 0.5) is 16.4 Å². The van der Waals surface area contributed by atoms with Crippen LogP contribution in [-0.4, -0.2) is 54.3 Å². The monoisotopic (exact) mass is 357 g/mol. The number of rotatable bonds is 3. The van der Waals surface area contributed by atoms with E-state index in [9.17, 15) is 14.4 Å². The highest BCUT2D eigenvalue weighted by Gasteiger charge is 2.38. The Morgan fingerprint density at radius 1 is 0.923 bits per heavy atom. The van der Waals surface area contributed by atoms with Gasteiger partial charge in [-0.25, -0.2) is 4.79 Å². The van der Waals surface area contributed by atoms with E-state index in [1.165, 1.54) is 20.2 Å². The van der Waals surface area contributed by atoms with Gasteiger partial charge >= 0.3 is 6.03 Å². The van der Waals surface area contributed by atoms with Gasteiger partial charge in [0.05, 0.1) is 0 Å². The number of likely N-dealkylation sites (N-methyl/N-ethyl adjacent to an activating group) is 2. The van der Waals surface area contributed by atoms with E-state index in [1.807, 2.05) is 42.3 Å². The number of para-hydroxylation sites is 1. The maximum atomic E-state index is 12.2. The Morgan fingerprint density at radius 3 is 2.08 bits per heavy atom. The summed E-state index contributed by atoms with van der Waals surface area (Å²) in [6.07, 6.45) is 1.35. The molecule has 1 aromatic carbocycles. The van der Waals surface area contributed by atoms with Gasteiger partial charge < -0.3 is 14.8 Å². The summed E-state index contributed by atoms with van der Waals surface area (Å²) in [5, 5.41) is 0. The van der Waals surface area contributed by atoms with Crippen molar-refractivity contribution in [2.75, 3.05) is 26.0 Å². The fourth-order valence-corrected chi connectivity index (χ4v) is 2.50. The van der Waals surface area contributed by atoms with Crippen molar-refractivity contribution >= 4 is 35.5 Å². The Kier molecular flexibility index (Phi) is 5.27. The Morgan fingerprint density at radius 2 is 1.50 bits per heavy atom. The standard InChI is InChI=1S/C18H17N3O4.H2O/c1-19(12-7-5-4-6-8-12)15-10-9-13(25-15)11-14-16(22)20(2)18(24)21(3)17(14)23;/h4-11H,1-3H3;1H2. The highest BCUT2D eigenvalue weighted by molar-refractivity contribution is 6.30. The van der Waals surface area contributed by atoms with Crippen LogP contribution in [0.5, 0.6) is 0 Å². The largest absolute Gasteiger partial charge is 0.441 e. The molecule has 0 saturated carbocycles. The number of carbonyl (C=O) groups excluding carboxylic acids is 3. The third-order valence-corrected chi connectivity index (χ3v) is 4.02. The van der Waals surface area contributed by atoms with E-state index in [1.54, 1.807) is 12.1 Å². The van der Waals surface area contributed by atoms with Gasteiger partial charge in [0, 0.05) is 32.9 Å². The number of amides is 4. The van der Waals surface area contributed by atoms with E-state index in [2.05, 4.69) is 0 Å². The first-order valence-electron chi connectivity index (χ1n) is 7.60. The molecule has 0 radical (unpaired) electrons. The summed E-state index contributed by atoms with van der Waals surface area (Å²) in [4.78, 5) is 39.8. The lowest BCUT2D eigenvalue weighted by Gasteiger charge is -2.28. The van der Waals surface area contributed by atoms with Gasteiger partial charge in [0.15, 0.2) is 5.88 Å². The van der Waals surface area contributed by atoms with Crippen molar-refractivity contribution < 1.29 is 24.3 Å². The molecule has 0 spiro atoms. The second kappa shape index (κ2) is 7.24. The topological polar surface area (TPSA) is 106 Å². The molecule has 2 heterocycles. The fourth-order valence-electron chi connectivity index (χ4n) is 2.50. The van der Waals surface area contributed by atoms with Crippen LogP contribution in [0.15, 0.2) is 52.5 Å². The molecular formula is C18H19N3O5. The summed E-state index contributed by atoms with van der Waals surface area (Å²) < 4.78 is 5.72. The molecule has 0 atom stereocenters. The van der Waals surface area contributed by atoms with Crippen LogP contribution in [-0.2, 0) is 9.59 Å². The van der Waals surface area contributed by atoms with Crippen molar-refractivity contribution in [1.82, 2.24) is 9.80 Å². The summed E-state index contributed by atoms with van der Waals surface area (Å²) >= 11 is 0. The van der Waals surface area contributed by atoms with Crippen LogP contribution in [0, 0.1) is 0 Å². The number of benzene rings is 1. The Bertz CT molecular complexity index is 846. The van der Waals surface area contributed by atoms with Crippen molar-refractivity contribution in [3.8, 4) is 0 Å². The van der Waals surface area contributed by atoms with Gasteiger partial charge in [-0.3, -0.25) is 19.4 Å². The molecular weight excluding hydrogens is 338 g/mol. The minimum atomic E-state index is -0.656.